The van der Waals surface area contributed by atoms with Gasteiger partial charge in [0.15, 0.2) is 5.82 Å². The third-order valence-electron chi connectivity index (χ3n) is 2.86. The van der Waals surface area contributed by atoms with E-state index in [9.17, 15) is 0 Å². The van der Waals surface area contributed by atoms with Gasteiger partial charge in [-0.05, 0) is 40.2 Å². The third-order valence-corrected chi connectivity index (χ3v) is 4.25. The van der Waals surface area contributed by atoms with Crippen molar-refractivity contribution in [1.29, 1.82) is 0 Å². The van der Waals surface area contributed by atoms with E-state index in [2.05, 4.69) is 41.8 Å². The van der Waals surface area contributed by atoms with Crippen LogP contribution in [0.1, 0.15) is 0 Å². The molecular formula is C14H8Br2ClN3. The zero-order valence-corrected chi connectivity index (χ0v) is 14.0. The molecule has 3 rings (SSSR count). The lowest BCUT2D eigenvalue weighted by molar-refractivity contribution is 1.23. The lowest BCUT2D eigenvalue weighted by atomic mass is 10.2. The highest BCUT2D eigenvalue weighted by atomic mass is 79.9. The van der Waals surface area contributed by atoms with E-state index in [1.54, 1.807) is 6.07 Å². The van der Waals surface area contributed by atoms with Gasteiger partial charge < -0.3 is 5.73 Å². The molecule has 0 amide bonds. The molecule has 6 heteroatoms. The zero-order chi connectivity index (χ0) is 14.3. The molecule has 0 radical (unpaired) electrons. The maximum atomic E-state index is 6.19. The standard InChI is InChI=1S/C14H8Br2ClN3/c15-7-5-9-12(10(16)6-7)19-14(20-13(9)18)8-3-1-2-4-11(8)17/h1-6H,(H2,18,19,20). The van der Waals surface area contributed by atoms with Crippen molar-refractivity contribution in [1.82, 2.24) is 9.97 Å². The van der Waals surface area contributed by atoms with Crippen LogP contribution in [0.4, 0.5) is 5.82 Å². The molecule has 2 N–H and O–H groups in total. The minimum absolute atomic E-state index is 0.423. The molecule has 2 aromatic carbocycles. The normalized spacial score (nSPS) is 10.9. The molecule has 3 aromatic rings. The molecule has 1 heterocycles. The van der Waals surface area contributed by atoms with Crippen LogP contribution in [0.3, 0.4) is 0 Å². The third kappa shape index (κ3) is 2.41. The second-order valence-electron chi connectivity index (χ2n) is 4.20. The molecule has 0 aliphatic heterocycles. The van der Waals surface area contributed by atoms with Gasteiger partial charge in [-0.1, -0.05) is 39.7 Å². The highest BCUT2D eigenvalue weighted by Crippen LogP contribution is 2.33. The van der Waals surface area contributed by atoms with Crippen molar-refractivity contribution in [3.63, 3.8) is 0 Å². The summed E-state index contributed by atoms with van der Waals surface area (Å²) in [5.41, 5.74) is 7.57. The summed E-state index contributed by atoms with van der Waals surface area (Å²) in [5, 5.41) is 1.39. The Morgan fingerprint density at radius 3 is 2.55 bits per heavy atom. The first-order valence-electron chi connectivity index (χ1n) is 5.73. The first kappa shape index (κ1) is 13.8. The van der Waals surface area contributed by atoms with Crippen LogP contribution in [-0.4, -0.2) is 9.97 Å². The van der Waals surface area contributed by atoms with Crippen LogP contribution in [0.25, 0.3) is 22.3 Å². The van der Waals surface area contributed by atoms with Gasteiger partial charge >= 0.3 is 0 Å². The Balaban J connectivity index is 2.33. The Morgan fingerprint density at radius 1 is 1.05 bits per heavy atom. The number of nitrogens with zero attached hydrogens (tertiary/aromatic N) is 2. The van der Waals surface area contributed by atoms with E-state index in [1.807, 2.05) is 30.3 Å². The van der Waals surface area contributed by atoms with E-state index in [1.165, 1.54) is 0 Å². The van der Waals surface area contributed by atoms with Gasteiger partial charge in [-0.3, -0.25) is 0 Å². The molecule has 20 heavy (non-hydrogen) atoms. The summed E-state index contributed by atoms with van der Waals surface area (Å²) in [6, 6.07) is 11.2. The van der Waals surface area contributed by atoms with Gasteiger partial charge in [-0.2, -0.15) is 0 Å². The number of aromatic nitrogens is 2. The summed E-state index contributed by atoms with van der Waals surface area (Å²) in [4.78, 5) is 8.92. The first-order valence-corrected chi connectivity index (χ1v) is 7.70. The summed E-state index contributed by atoms with van der Waals surface area (Å²) >= 11 is 13.1. The molecule has 0 saturated carbocycles. The van der Waals surface area contributed by atoms with Crippen molar-refractivity contribution >= 4 is 60.2 Å². The largest absolute Gasteiger partial charge is 0.383 e. The molecule has 3 nitrogen and oxygen atoms in total. The van der Waals surface area contributed by atoms with Crippen molar-refractivity contribution in [3.8, 4) is 11.4 Å². The molecule has 0 saturated heterocycles. The number of anilines is 1. The summed E-state index contributed by atoms with van der Waals surface area (Å²) < 4.78 is 1.77. The number of rotatable bonds is 1. The van der Waals surface area contributed by atoms with E-state index in [0.717, 1.165) is 25.4 Å². The topological polar surface area (TPSA) is 51.8 Å². The van der Waals surface area contributed by atoms with Gasteiger partial charge in [-0.15, -0.1) is 0 Å². The van der Waals surface area contributed by atoms with E-state index in [4.69, 9.17) is 17.3 Å². The molecule has 1 aromatic heterocycles. The summed E-state index contributed by atoms with van der Waals surface area (Å²) in [6.45, 7) is 0. The van der Waals surface area contributed by atoms with Gasteiger partial charge in [-0.25, -0.2) is 9.97 Å². The number of benzene rings is 2. The molecule has 0 bridgehead atoms. The number of halogens is 3. The zero-order valence-electron chi connectivity index (χ0n) is 10.1. The van der Waals surface area contributed by atoms with Crippen molar-refractivity contribution in [2.24, 2.45) is 0 Å². The van der Waals surface area contributed by atoms with E-state index in [-0.39, 0.29) is 0 Å². The smallest absolute Gasteiger partial charge is 0.163 e. The lowest BCUT2D eigenvalue weighted by Gasteiger charge is -2.08. The Kier molecular flexibility index (Phi) is 3.67. The summed E-state index contributed by atoms with van der Waals surface area (Å²) in [7, 11) is 0. The van der Waals surface area contributed by atoms with Gasteiger partial charge in [0.05, 0.1) is 10.5 Å². The molecule has 0 atom stereocenters. The summed E-state index contributed by atoms with van der Waals surface area (Å²) in [6.07, 6.45) is 0. The van der Waals surface area contributed by atoms with Gasteiger partial charge in [0.25, 0.3) is 0 Å². The first-order chi connectivity index (χ1) is 9.56. The van der Waals surface area contributed by atoms with Gasteiger partial charge in [0.1, 0.15) is 5.82 Å². The predicted molar refractivity (Wildman–Crippen MR) is 89.8 cm³/mol. The van der Waals surface area contributed by atoms with Crippen LogP contribution >= 0.6 is 43.5 Å². The Bertz CT molecular complexity index is 821. The van der Waals surface area contributed by atoms with Gasteiger partial charge in [0, 0.05) is 19.9 Å². The number of fused-ring (bicyclic) bond motifs is 1. The fourth-order valence-corrected chi connectivity index (χ4v) is 3.48. The number of hydrogen-bond acceptors (Lipinski definition) is 3. The maximum absolute atomic E-state index is 6.19. The molecule has 0 unspecified atom stereocenters. The number of nitrogen functional groups attached to an aromatic ring is 1. The maximum Gasteiger partial charge on any atom is 0.163 e. The average molecular weight is 414 g/mol. The van der Waals surface area contributed by atoms with Crippen LogP contribution in [0.5, 0.6) is 0 Å². The fourth-order valence-electron chi connectivity index (χ4n) is 1.94. The van der Waals surface area contributed by atoms with E-state index < -0.39 is 0 Å². The van der Waals surface area contributed by atoms with Crippen molar-refractivity contribution < 1.29 is 0 Å². The monoisotopic (exact) mass is 411 g/mol. The minimum Gasteiger partial charge on any atom is -0.383 e. The second kappa shape index (κ2) is 5.31. The minimum atomic E-state index is 0.423. The van der Waals surface area contributed by atoms with E-state index >= 15 is 0 Å². The SMILES string of the molecule is Nc1nc(-c2ccccc2Cl)nc2c(Br)cc(Br)cc12. The quantitative estimate of drug-likeness (QED) is 0.607. The summed E-state index contributed by atoms with van der Waals surface area (Å²) in [5.74, 6) is 0.940. The van der Waals surface area contributed by atoms with E-state index in [0.29, 0.717) is 16.7 Å². The lowest BCUT2D eigenvalue weighted by Crippen LogP contribution is -1.98. The van der Waals surface area contributed by atoms with Crippen LogP contribution in [0.2, 0.25) is 5.02 Å². The van der Waals surface area contributed by atoms with Crippen LogP contribution in [0.15, 0.2) is 45.3 Å². The predicted octanol–water partition coefficient (Wildman–Crippen LogP) is 5.06. The number of hydrogen-bond donors (Lipinski definition) is 1. The number of nitrogens with two attached hydrogens (primary N) is 1. The van der Waals surface area contributed by atoms with Crippen LogP contribution in [-0.2, 0) is 0 Å². The van der Waals surface area contributed by atoms with Crippen LogP contribution < -0.4 is 5.73 Å². The van der Waals surface area contributed by atoms with Gasteiger partial charge in [0.2, 0.25) is 0 Å². The Labute approximate surface area is 137 Å². The second-order valence-corrected chi connectivity index (χ2v) is 6.37. The molecule has 100 valence electrons. The molecule has 0 spiro atoms. The molecular weight excluding hydrogens is 405 g/mol. The Hall–Kier alpha value is -1.17. The highest BCUT2D eigenvalue weighted by Gasteiger charge is 2.12. The van der Waals surface area contributed by atoms with Crippen molar-refractivity contribution in [2.45, 2.75) is 0 Å². The molecule has 0 fully saturated rings. The Morgan fingerprint density at radius 2 is 1.80 bits per heavy atom. The molecule has 0 aliphatic carbocycles. The van der Waals surface area contributed by atoms with Crippen molar-refractivity contribution in [2.75, 3.05) is 5.73 Å². The van der Waals surface area contributed by atoms with Crippen molar-refractivity contribution in [3.05, 3.63) is 50.4 Å². The van der Waals surface area contributed by atoms with Crippen LogP contribution in [0, 0.1) is 0 Å². The average Bonchev–Trinajstić information content (AvgIpc) is 2.40. The molecule has 0 aliphatic rings. The fraction of sp³-hybridized carbons (Fsp3) is 0. The highest BCUT2D eigenvalue weighted by molar-refractivity contribution is 9.11.